The highest BCUT2D eigenvalue weighted by molar-refractivity contribution is 5.94. The number of halogens is 3. The van der Waals surface area contributed by atoms with Crippen molar-refractivity contribution >= 4 is 11.8 Å². The fourth-order valence-electron chi connectivity index (χ4n) is 2.60. The largest absolute Gasteiger partial charge is 0.467 e. The molecule has 0 unspecified atom stereocenters. The van der Waals surface area contributed by atoms with E-state index in [0.717, 1.165) is 10.9 Å². The lowest BCUT2D eigenvalue weighted by Crippen LogP contribution is -2.36. The molecule has 1 aliphatic heterocycles. The maximum Gasteiger partial charge on any atom is 0.410 e. The zero-order valence-electron chi connectivity index (χ0n) is 12.1. The topological polar surface area (TPSA) is 69.3 Å². The average Bonchev–Trinajstić information content (AvgIpc) is 3.14. The molecule has 2 atom stereocenters. The van der Waals surface area contributed by atoms with E-state index in [1.807, 2.05) is 0 Å². The zero-order valence-corrected chi connectivity index (χ0v) is 12.1. The predicted octanol–water partition coefficient (Wildman–Crippen LogP) is 3.31. The van der Waals surface area contributed by atoms with Gasteiger partial charge in [-0.05, 0) is 19.1 Å². The summed E-state index contributed by atoms with van der Waals surface area (Å²) >= 11 is 0. The highest BCUT2D eigenvalue weighted by Crippen LogP contribution is 2.44. The summed E-state index contributed by atoms with van der Waals surface area (Å²) in [6.45, 7) is 1.74. The first-order valence-electron chi connectivity index (χ1n) is 7.03. The molecule has 2 aromatic heterocycles. The van der Waals surface area contributed by atoms with Crippen LogP contribution in [0.4, 0.5) is 19.0 Å². The van der Waals surface area contributed by atoms with Crippen LogP contribution in [0.25, 0.3) is 0 Å². The fourth-order valence-corrected chi connectivity index (χ4v) is 2.60. The fraction of sp³-hybridized carbons (Fsp3) is 0.429. The number of hydrogen-bond acceptors (Lipinski definition) is 5. The quantitative estimate of drug-likeness (QED) is 0.875. The normalized spacial score (nSPS) is 20.7. The molecule has 3 rings (SSSR count). The Morgan fingerprint density at radius 3 is 2.96 bits per heavy atom. The van der Waals surface area contributed by atoms with Crippen LogP contribution in [0.3, 0.4) is 0 Å². The second kappa shape index (κ2) is 5.64. The molecule has 0 saturated heterocycles. The van der Waals surface area contributed by atoms with Gasteiger partial charge in [0.1, 0.15) is 17.1 Å². The van der Waals surface area contributed by atoms with Crippen LogP contribution >= 0.6 is 0 Å². The third kappa shape index (κ3) is 2.78. The minimum atomic E-state index is -4.50. The second-order valence-electron chi connectivity index (χ2n) is 5.08. The van der Waals surface area contributed by atoms with Gasteiger partial charge in [0.25, 0.3) is 0 Å². The van der Waals surface area contributed by atoms with Crippen molar-refractivity contribution in [1.82, 2.24) is 9.78 Å². The Labute approximate surface area is 129 Å². The number of rotatable bonds is 3. The maximum absolute atomic E-state index is 13.4. The van der Waals surface area contributed by atoms with Gasteiger partial charge in [0.15, 0.2) is 6.04 Å². The molecule has 0 radical (unpaired) electrons. The van der Waals surface area contributed by atoms with Gasteiger partial charge in [-0.2, -0.15) is 18.3 Å². The van der Waals surface area contributed by atoms with Gasteiger partial charge in [0.05, 0.1) is 25.1 Å². The number of nitrogens with zero attached hydrogens (tertiary/aromatic N) is 2. The Morgan fingerprint density at radius 1 is 1.57 bits per heavy atom. The third-order valence-electron chi connectivity index (χ3n) is 3.62. The average molecular weight is 329 g/mol. The molecule has 1 N–H and O–H groups in total. The van der Waals surface area contributed by atoms with E-state index in [1.54, 1.807) is 19.1 Å². The lowest BCUT2D eigenvalue weighted by molar-refractivity contribution is -0.174. The number of hydrogen-bond donors (Lipinski definition) is 1. The van der Waals surface area contributed by atoms with Crippen molar-refractivity contribution in [3.63, 3.8) is 0 Å². The third-order valence-corrected chi connectivity index (χ3v) is 3.62. The molecule has 9 heteroatoms. The Hall–Kier alpha value is -2.45. The summed E-state index contributed by atoms with van der Waals surface area (Å²) in [5, 5.41) is 6.62. The van der Waals surface area contributed by atoms with Crippen molar-refractivity contribution in [2.24, 2.45) is 0 Å². The molecule has 3 heterocycles. The van der Waals surface area contributed by atoms with Gasteiger partial charge in [0, 0.05) is 6.42 Å². The van der Waals surface area contributed by atoms with Gasteiger partial charge >= 0.3 is 12.1 Å². The first-order chi connectivity index (χ1) is 10.9. The number of aromatic nitrogens is 2. The van der Waals surface area contributed by atoms with E-state index in [0.29, 0.717) is 5.76 Å². The minimum Gasteiger partial charge on any atom is -0.467 e. The monoisotopic (exact) mass is 329 g/mol. The summed E-state index contributed by atoms with van der Waals surface area (Å²) in [7, 11) is 0. The maximum atomic E-state index is 13.4. The molecule has 0 aromatic carbocycles. The number of anilines is 1. The molecule has 6 nitrogen and oxygen atoms in total. The molecular formula is C14H14F3N3O3. The lowest BCUT2D eigenvalue weighted by atomic mass is 10.0. The molecule has 0 aliphatic carbocycles. The number of ether oxygens (including phenoxy) is 1. The van der Waals surface area contributed by atoms with Crippen LogP contribution < -0.4 is 5.32 Å². The first kappa shape index (κ1) is 15.4. The first-order valence-corrected chi connectivity index (χ1v) is 7.03. The molecule has 124 valence electrons. The van der Waals surface area contributed by atoms with E-state index in [2.05, 4.69) is 10.4 Å². The van der Waals surface area contributed by atoms with Gasteiger partial charge in [-0.1, -0.05) is 0 Å². The number of nitrogens with one attached hydrogen (secondary N) is 1. The standard InChI is InChI=1S/C14H14F3N3O3/c1-2-22-13(21)8-7-18-20-11(14(15,16)17)6-9(19-12(8)20)10-4-3-5-23-10/h3-5,7,9,11,19H,2,6H2,1H3/t9-,11-/m0/s1. The number of furan rings is 1. The number of esters is 1. The van der Waals surface area contributed by atoms with E-state index in [1.165, 1.54) is 6.26 Å². The molecule has 2 aromatic rings. The zero-order chi connectivity index (χ0) is 16.6. The van der Waals surface area contributed by atoms with Gasteiger partial charge in [0.2, 0.25) is 0 Å². The van der Waals surface area contributed by atoms with E-state index in [-0.39, 0.29) is 24.4 Å². The van der Waals surface area contributed by atoms with Crippen molar-refractivity contribution < 1.29 is 27.1 Å². The molecule has 0 saturated carbocycles. The second-order valence-corrected chi connectivity index (χ2v) is 5.08. The molecule has 0 fully saturated rings. The van der Waals surface area contributed by atoms with Crippen LogP contribution in [0.5, 0.6) is 0 Å². The molecule has 0 spiro atoms. The van der Waals surface area contributed by atoms with Gasteiger partial charge in [-0.15, -0.1) is 0 Å². The van der Waals surface area contributed by atoms with Crippen LogP contribution in [0.1, 0.15) is 41.5 Å². The smallest absolute Gasteiger partial charge is 0.410 e. The summed E-state index contributed by atoms with van der Waals surface area (Å²) in [4.78, 5) is 11.9. The van der Waals surface area contributed by atoms with E-state index >= 15 is 0 Å². The van der Waals surface area contributed by atoms with E-state index in [4.69, 9.17) is 9.15 Å². The van der Waals surface area contributed by atoms with Crippen molar-refractivity contribution in [3.8, 4) is 0 Å². The van der Waals surface area contributed by atoms with Crippen molar-refractivity contribution in [2.75, 3.05) is 11.9 Å². The summed E-state index contributed by atoms with van der Waals surface area (Å²) in [6, 6.07) is 0.616. The van der Waals surface area contributed by atoms with Gasteiger partial charge in [-0.3, -0.25) is 0 Å². The molecule has 0 amide bonds. The summed E-state index contributed by atoms with van der Waals surface area (Å²) < 4.78 is 50.9. The SMILES string of the molecule is CCOC(=O)c1cnn2c1N[C@H](c1ccco1)C[C@H]2C(F)(F)F. The number of carbonyl (C=O) groups is 1. The Morgan fingerprint density at radius 2 is 2.35 bits per heavy atom. The van der Waals surface area contributed by atoms with Gasteiger partial charge in [-0.25, -0.2) is 9.48 Å². The summed E-state index contributed by atoms with van der Waals surface area (Å²) in [5.41, 5.74) is -0.0302. The number of carbonyl (C=O) groups excluding carboxylic acids is 1. The summed E-state index contributed by atoms with van der Waals surface area (Å²) in [6.07, 6.45) is -2.31. The van der Waals surface area contributed by atoms with Crippen LogP contribution in [0, 0.1) is 0 Å². The number of alkyl halides is 3. The Kier molecular flexibility index (Phi) is 3.78. The van der Waals surface area contributed by atoms with Crippen LogP contribution in [0.2, 0.25) is 0 Å². The minimum absolute atomic E-state index is 0.0153. The van der Waals surface area contributed by atoms with Crippen molar-refractivity contribution in [3.05, 3.63) is 35.9 Å². The van der Waals surface area contributed by atoms with Crippen LogP contribution in [-0.2, 0) is 4.74 Å². The highest BCUT2D eigenvalue weighted by atomic mass is 19.4. The van der Waals surface area contributed by atoms with Crippen molar-refractivity contribution in [2.45, 2.75) is 31.6 Å². The van der Waals surface area contributed by atoms with Crippen LogP contribution in [0.15, 0.2) is 29.0 Å². The van der Waals surface area contributed by atoms with Crippen LogP contribution in [-0.4, -0.2) is 28.5 Å². The predicted molar refractivity (Wildman–Crippen MR) is 73.0 cm³/mol. The van der Waals surface area contributed by atoms with Crippen molar-refractivity contribution in [1.29, 1.82) is 0 Å². The summed E-state index contributed by atoms with van der Waals surface area (Å²) in [5.74, 6) is -0.373. The Balaban J connectivity index is 2.02. The number of fused-ring (bicyclic) bond motifs is 1. The van der Waals surface area contributed by atoms with E-state index < -0.39 is 24.2 Å². The lowest BCUT2D eigenvalue weighted by Gasteiger charge is -2.32. The van der Waals surface area contributed by atoms with E-state index in [9.17, 15) is 18.0 Å². The Bertz CT molecular complexity index is 694. The van der Waals surface area contributed by atoms with Gasteiger partial charge < -0.3 is 14.5 Å². The highest BCUT2D eigenvalue weighted by Gasteiger charge is 2.47. The molecule has 23 heavy (non-hydrogen) atoms. The molecule has 0 bridgehead atoms. The molecule has 1 aliphatic rings. The molecular weight excluding hydrogens is 315 g/mol.